The summed E-state index contributed by atoms with van der Waals surface area (Å²) >= 11 is 3.60. The number of carbonyl (C=O) groups is 2. The number of carbonyl (C=O) groups excluding carboxylic acids is 2. The molecular formula is C30H37BrN8O4. The summed E-state index contributed by atoms with van der Waals surface area (Å²) in [5.41, 5.74) is 1.65. The summed E-state index contributed by atoms with van der Waals surface area (Å²) in [6.45, 7) is 11.2. The fourth-order valence-electron chi connectivity index (χ4n) is 4.78. The molecule has 1 atom stereocenters. The number of rotatable bonds is 8. The molecule has 2 N–H and O–H groups in total. The molecule has 0 saturated carbocycles. The van der Waals surface area contributed by atoms with Crippen LogP contribution in [0.4, 0.5) is 10.7 Å². The third kappa shape index (κ3) is 7.16. The van der Waals surface area contributed by atoms with Crippen molar-refractivity contribution in [2.75, 3.05) is 51.7 Å². The third-order valence-corrected chi connectivity index (χ3v) is 7.73. The predicted octanol–water partition coefficient (Wildman–Crippen LogP) is 4.18. The maximum Gasteiger partial charge on any atom is 0.410 e. The number of aromatic nitrogens is 4. The largest absolute Gasteiger partial charge is 0.497 e. The van der Waals surface area contributed by atoms with Gasteiger partial charge in [-0.3, -0.25) is 9.69 Å². The van der Waals surface area contributed by atoms with E-state index in [0.717, 1.165) is 34.3 Å². The molecule has 2 aromatic carbocycles. The van der Waals surface area contributed by atoms with Gasteiger partial charge in [-0.15, -0.1) is 5.10 Å². The lowest BCUT2D eigenvalue weighted by Crippen LogP contribution is -2.51. The zero-order valence-electron chi connectivity index (χ0n) is 25.1. The highest BCUT2D eigenvalue weighted by molar-refractivity contribution is 9.10. The number of para-hydroxylation sites is 1. The molecule has 12 nitrogen and oxygen atoms in total. The number of amides is 2. The number of methoxy groups -OCH3 is 1. The molecule has 5 rings (SSSR count). The lowest BCUT2D eigenvalue weighted by Gasteiger charge is -2.35. The maximum absolute atomic E-state index is 13.1. The van der Waals surface area contributed by atoms with E-state index in [0.29, 0.717) is 49.1 Å². The highest BCUT2D eigenvalue weighted by atomic mass is 79.9. The Balaban J connectivity index is 1.24. The summed E-state index contributed by atoms with van der Waals surface area (Å²) in [4.78, 5) is 39.0. The van der Waals surface area contributed by atoms with Gasteiger partial charge in [-0.2, -0.15) is 4.52 Å². The minimum absolute atomic E-state index is 0.162. The van der Waals surface area contributed by atoms with Crippen molar-refractivity contribution < 1.29 is 19.1 Å². The highest BCUT2D eigenvalue weighted by Crippen LogP contribution is 2.29. The zero-order valence-corrected chi connectivity index (χ0v) is 26.6. The lowest BCUT2D eigenvalue weighted by atomic mass is 10.2. The van der Waals surface area contributed by atoms with Crippen LogP contribution < -0.4 is 15.4 Å². The van der Waals surface area contributed by atoms with E-state index in [1.165, 1.54) is 0 Å². The number of halogens is 1. The molecule has 0 unspecified atom stereocenters. The standard InChI is InChI=1S/C30H37BrN8O4/c1-19(27(40)32-13-14-37-15-17-38(18-16-37)29(41)43-30(2,3)4)33-28-34-24-22(7-6-8-23(24)31)26-35-25(36-39(26)28)20-9-11-21(42-5)12-10-20/h6-12,19H,13-18H2,1-5H3,(H,32,40)(H,33,34)/t19-/m1/s1. The van der Waals surface area contributed by atoms with Crippen LogP contribution in [-0.4, -0.2) is 99.4 Å². The fourth-order valence-corrected chi connectivity index (χ4v) is 5.24. The third-order valence-electron chi connectivity index (χ3n) is 7.09. The molecule has 2 amide bonds. The summed E-state index contributed by atoms with van der Waals surface area (Å²) in [6.07, 6.45) is -0.285. The summed E-state index contributed by atoms with van der Waals surface area (Å²) in [5, 5.41) is 11.8. The summed E-state index contributed by atoms with van der Waals surface area (Å²) < 4.78 is 13.2. The SMILES string of the molecule is COc1ccc(-c2nc3c4cccc(Br)c4nc(N[C@H](C)C(=O)NCCN4CCN(C(=O)OC(C)(C)C)CC4)n3n2)cc1. The molecule has 2 aromatic heterocycles. The number of piperazine rings is 1. The van der Waals surface area contributed by atoms with E-state index in [-0.39, 0.29) is 12.0 Å². The van der Waals surface area contributed by atoms with Crippen LogP contribution in [0.25, 0.3) is 27.9 Å². The van der Waals surface area contributed by atoms with Gasteiger partial charge in [0.15, 0.2) is 11.5 Å². The van der Waals surface area contributed by atoms with Crippen LogP contribution in [0.5, 0.6) is 5.75 Å². The van der Waals surface area contributed by atoms with Crippen LogP contribution in [0.1, 0.15) is 27.7 Å². The Hall–Kier alpha value is -3.97. The molecule has 0 spiro atoms. The maximum atomic E-state index is 13.1. The highest BCUT2D eigenvalue weighted by Gasteiger charge is 2.26. The van der Waals surface area contributed by atoms with Crippen molar-refractivity contribution in [1.29, 1.82) is 0 Å². The minimum atomic E-state index is -0.590. The molecule has 3 heterocycles. The van der Waals surface area contributed by atoms with Crippen LogP contribution in [0.15, 0.2) is 46.9 Å². The molecule has 1 aliphatic rings. The Morgan fingerprint density at radius 2 is 1.77 bits per heavy atom. The van der Waals surface area contributed by atoms with Crippen LogP contribution in [-0.2, 0) is 9.53 Å². The molecule has 43 heavy (non-hydrogen) atoms. The van der Waals surface area contributed by atoms with E-state index in [4.69, 9.17) is 24.5 Å². The van der Waals surface area contributed by atoms with Gasteiger partial charge in [0.25, 0.3) is 0 Å². The van der Waals surface area contributed by atoms with Crippen molar-refractivity contribution in [1.82, 2.24) is 34.7 Å². The smallest absolute Gasteiger partial charge is 0.410 e. The second-order valence-corrected chi connectivity index (χ2v) is 12.3. The van der Waals surface area contributed by atoms with Crippen molar-refractivity contribution in [2.45, 2.75) is 39.3 Å². The predicted molar refractivity (Wildman–Crippen MR) is 168 cm³/mol. The number of nitrogens with zero attached hydrogens (tertiary/aromatic N) is 6. The molecule has 0 radical (unpaired) electrons. The Labute approximate surface area is 258 Å². The number of ether oxygens (including phenoxy) is 2. The van der Waals surface area contributed by atoms with Crippen molar-refractivity contribution in [3.05, 3.63) is 46.9 Å². The zero-order chi connectivity index (χ0) is 30.7. The van der Waals surface area contributed by atoms with Crippen LogP contribution in [0, 0.1) is 0 Å². The van der Waals surface area contributed by atoms with Crippen molar-refractivity contribution in [2.24, 2.45) is 0 Å². The number of hydrogen-bond donors (Lipinski definition) is 2. The van der Waals surface area contributed by atoms with E-state index in [9.17, 15) is 9.59 Å². The van der Waals surface area contributed by atoms with Gasteiger partial charge in [0.05, 0.1) is 12.6 Å². The van der Waals surface area contributed by atoms with Crippen molar-refractivity contribution in [3.63, 3.8) is 0 Å². The molecular weight excluding hydrogens is 616 g/mol. The van der Waals surface area contributed by atoms with Crippen LogP contribution in [0.3, 0.4) is 0 Å². The average molecular weight is 654 g/mol. The Morgan fingerprint density at radius 3 is 2.44 bits per heavy atom. The number of benzene rings is 2. The normalized spacial score (nSPS) is 15.0. The van der Waals surface area contributed by atoms with E-state index in [2.05, 4.69) is 31.5 Å². The van der Waals surface area contributed by atoms with Gasteiger partial charge in [-0.25, -0.2) is 14.8 Å². The topological polar surface area (TPSA) is 126 Å². The van der Waals surface area contributed by atoms with Gasteiger partial charge in [0.1, 0.15) is 17.4 Å². The fraction of sp³-hybridized carbons (Fsp3) is 0.433. The Kier molecular flexibility index (Phi) is 9.02. The molecule has 228 valence electrons. The van der Waals surface area contributed by atoms with Gasteiger partial charge >= 0.3 is 6.09 Å². The molecule has 1 saturated heterocycles. The van der Waals surface area contributed by atoms with E-state index in [1.54, 1.807) is 23.4 Å². The second-order valence-electron chi connectivity index (χ2n) is 11.4. The Bertz CT molecular complexity index is 1610. The summed E-state index contributed by atoms with van der Waals surface area (Å²) in [6, 6.07) is 12.7. The minimum Gasteiger partial charge on any atom is -0.497 e. The molecule has 1 fully saturated rings. The van der Waals surface area contributed by atoms with E-state index in [1.807, 2.05) is 63.2 Å². The number of anilines is 1. The number of fused-ring (bicyclic) bond motifs is 3. The average Bonchev–Trinajstić information content (AvgIpc) is 3.43. The first-order valence-corrected chi connectivity index (χ1v) is 15.1. The lowest BCUT2D eigenvalue weighted by molar-refractivity contribution is -0.121. The van der Waals surface area contributed by atoms with Crippen molar-refractivity contribution >= 4 is 50.4 Å². The molecule has 13 heteroatoms. The first kappa shape index (κ1) is 30.5. The monoisotopic (exact) mass is 652 g/mol. The van der Waals surface area contributed by atoms with Gasteiger partial charge in [0.2, 0.25) is 11.9 Å². The molecule has 1 aliphatic heterocycles. The van der Waals surface area contributed by atoms with Gasteiger partial charge < -0.3 is 25.0 Å². The van der Waals surface area contributed by atoms with E-state index >= 15 is 0 Å². The number of hydrogen-bond acceptors (Lipinski definition) is 9. The molecule has 0 bridgehead atoms. The Morgan fingerprint density at radius 1 is 1.05 bits per heavy atom. The van der Waals surface area contributed by atoms with Gasteiger partial charge in [-0.1, -0.05) is 6.07 Å². The van der Waals surface area contributed by atoms with E-state index < -0.39 is 11.6 Å². The summed E-state index contributed by atoms with van der Waals surface area (Å²) in [5.74, 6) is 1.52. The quantitative estimate of drug-likeness (QED) is 0.288. The molecule has 0 aliphatic carbocycles. The second kappa shape index (κ2) is 12.7. The summed E-state index contributed by atoms with van der Waals surface area (Å²) in [7, 11) is 1.62. The van der Waals surface area contributed by atoms with Gasteiger partial charge in [0, 0.05) is 54.7 Å². The first-order valence-electron chi connectivity index (χ1n) is 14.3. The number of nitrogens with one attached hydrogen (secondary N) is 2. The van der Waals surface area contributed by atoms with Crippen LogP contribution in [0.2, 0.25) is 0 Å². The first-order chi connectivity index (χ1) is 20.5. The van der Waals surface area contributed by atoms with Crippen LogP contribution >= 0.6 is 15.9 Å². The molecule has 4 aromatic rings. The van der Waals surface area contributed by atoms with Crippen molar-refractivity contribution in [3.8, 4) is 17.1 Å². The van der Waals surface area contributed by atoms with Gasteiger partial charge in [-0.05, 0) is 80.0 Å².